The molecule has 1 aromatic heterocycles. The fraction of sp³-hybridized carbons (Fsp3) is 0.308. The monoisotopic (exact) mass is 286 g/mol. The zero-order chi connectivity index (χ0) is 14.0. The average molecular weight is 286 g/mol. The van der Waals surface area contributed by atoms with Crippen molar-refractivity contribution >= 4 is 11.3 Å². The molecule has 1 N–H and O–H groups in total. The van der Waals surface area contributed by atoms with Gasteiger partial charge in [-0.25, -0.2) is 0 Å². The molecule has 0 bridgehead atoms. The number of nitrogens with zero attached hydrogens (tertiary/aromatic N) is 1. The van der Waals surface area contributed by atoms with Crippen molar-refractivity contribution in [2.45, 2.75) is 19.1 Å². The summed E-state index contributed by atoms with van der Waals surface area (Å²) in [6.45, 7) is 1.69. The Balaban J connectivity index is 2.40. The van der Waals surface area contributed by atoms with Crippen molar-refractivity contribution in [1.82, 2.24) is 10.3 Å². The fourth-order valence-electron chi connectivity index (χ4n) is 2.00. The summed E-state index contributed by atoms with van der Waals surface area (Å²) >= 11 is 1.47. The molecule has 2 nitrogen and oxygen atoms in total. The molecular formula is C13H13F3N2S. The number of aryl methyl sites for hydroxylation is 1. The minimum Gasteiger partial charge on any atom is -0.309 e. The lowest BCUT2D eigenvalue weighted by Gasteiger charge is -2.18. The minimum atomic E-state index is -4.30. The molecule has 0 spiro atoms. The van der Waals surface area contributed by atoms with Crippen LogP contribution < -0.4 is 5.32 Å². The highest BCUT2D eigenvalue weighted by Crippen LogP contribution is 2.33. The highest BCUT2D eigenvalue weighted by Gasteiger charge is 2.31. The van der Waals surface area contributed by atoms with E-state index in [-0.39, 0.29) is 6.04 Å². The van der Waals surface area contributed by atoms with Gasteiger partial charge in [-0.3, -0.25) is 4.98 Å². The third-order valence-corrected chi connectivity index (χ3v) is 3.77. The number of hydrogen-bond acceptors (Lipinski definition) is 3. The Morgan fingerprint density at radius 2 is 2.05 bits per heavy atom. The molecular weight excluding hydrogens is 273 g/mol. The summed E-state index contributed by atoms with van der Waals surface area (Å²) in [6, 6.07) is 3.70. The molecule has 19 heavy (non-hydrogen) atoms. The number of aromatic nitrogens is 1. The molecule has 0 saturated carbocycles. The molecule has 0 amide bonds. The Morgan fingerprint density at radius 1 is 1.32 bits per heavy atom. The summed E-state index contributed by atoms with van der Waals surface area (Å²) in [7, 11) is 1.78. The zero-order valence-electron chi connectivity index (χ0n) is 10.5. The van der Waals surface area contributed by atoms with E-state index in [0.29, 0.717) is 5.56 Å². The summed E-state index contributed by atoms with van der Waals surface area (Å²) in [6.07, 6.45) is -2.58. The summed E-state index contributed by atoms with van der Waals surface area (Å²) in [5, 5.41) is 3.11. The van der Waals surface area contributed by atoms with Crippen LogP contribution >= 0.6 is 11.3 Å². The minimum absolute atomic E-state index is 0.130. The van der Waals surface area contributed by atoms with Crippen molar-refractivity contribution in [2.75, 3.05) is 7.05 Å². The maximum absolute atomic E-state index is 12.6. The number of thiazole rings is 1. The van der Waals surface area contributed by atoms with Crippen LogP contribution in [0.1, 0.15) is 27.6 Å². The predicted octanol–water partition coefficient (Wildman–Crippen LogP) is 3.78. The van der Waals surface area contributed by atoms with Crippen LogP contribution in [0.4, 0.5) is 13.2 Å². The largest absolute Gasteiger partial charge is 0.416 e. The van der Waals surface area contributed by atoms with Crippen molar-refractivity contribution in [3.63, 3.8) is 0 Å². The van der Waals surface area contributed by atoms with Gasteiger partial charge in [0.2, 0.25) is 0 Å². The summed E-state index contributed by atoms with van der Waals surface area (Å²) < 4.78 is 37.9. The smallest absolute Gasteiger partial charge is 0.309 e. The second kappa shape index (κ2) is 5.30. The molecule has 0 saturated heterocycles. The number of nitrogens with one attached hydrogen (secondary N) is 1. The van der Waals surface area contributed by atoms with Gasteiger partial charge >= 0.3 is 6.18 Å². The fourth-order valence-corrected chi connectivity index (χ4v) is 2.74. The standard InChI is InChI=1S/C13H13F3N2S/c1-8-5-9(13(14,15)16)3-4-10(8)12(17-2)11-6-18-7-19-11/h3-7,12,17H,1-2H3. The third-order valence-electron chi connectivity index (χ3n) is 2.93. The molecule has 0 aliphatic heterocycles. The quantitative estimate of drug-likeness (QED) is 0.929. The van der Waals surface area contributed by atoms with Gasteiger partial charge in [-0.15, -0.1) is 11.3 Å². The summed E-state index contributed by atoms with van der Waals surface area (Å²) in [5.41, 5.74) is 2.54. The normalized spacial score (nSPS) is 13.5. The van der Waals surface area contributed by atoms with E-state index >= 15 is 0 Å². The average Bonchev–Trinajstić information content (AvgIpc) is 2.84. The SMILES string of the molecule is CNC(c1cncs1)c1ccc(C(F)(F)F)cc1C. The Morgan fingerprint density at radius 3 is 2.53 bits per heavy atom. The summed E-state index contributed by atoms with van der Waals surface area (Å²) in [4.78, 5) is 4.98. The van der Waals surface area contributed by atoms with Gasteiger partial charge in [0.05, 0.1) is 17.1 Å². The second-order valence-electron chi connectivity index (χ2n) is 4.19. The molecule has 6 heteroatoms. The highest BCUT2D eigenvalue weighted by atomic mass is 32.1. The first kappa shape index (κ1) is 14.0. The number of halogens is 3. The van der Waals surface area contributed by atoms with Gasteiger partial charge in [-0.2, -0.15) is 13.2 Å². The lowest BCUT2D eigenvalue weighted by atomic mass is 9.98. The molecule has 1 atom stereocenters. The van der Waals surface area contributed by atoms with Crippen molar-refractivity contribution in [3.05, 3.63) is 51.5 Å². The second-order valence-corrected chi connectivity index (χ2v) is 5.11. The van der Waals surface area contributed by atoms with E-state index in [9.17, 15) is 13.2 Å². The van der Waals surface area contributed by atoms with E-state index in [0.717, 1.165) is 16.5 Å². The van der Waals surface area contributed by atoms with Crippen LogP contribution in [-0.4, -0.2) is 12.0 Å². The molecule has 1 unspecified atom stereocenters. The number of hydrogen-bond donors (Lipinski definition) is 1. The van der Waals surface area contributed by atoms with Gasteiger partial charge in [0, 0.05) is 11.1 Å². The first-order valence-corrected chi connectivity index (χ1v) is 6.55. The van der Waals surface area contributed by atoms with Gasteiger partial charge in [0.25, 0.3) is 0 Å². The van der Waals surface area contributed by atoms with Crippen molar-refractivity contribution in [3.8, 4) is 0 Å². The highest BCUT2D eigenvalue weighted by molar-refractivity contribution is 7.09. The van der Waals surface area contributed by atoms with Crippen LogP contribution in [0.3, 0.4) is 0 Å². The maximum atomic E-state index is 12.6. The van der Waals surface area contributed by atoms with E-state index in [1.807, 2.05) is 0 Å². The molecule has 0 aliphatic rings. The Bertz CT molecular complexity index is 550. The molecule has 2 rings (SSSR count). The first-order valence-electron chi connectivity index (χ1n) is 5.67. The van der Waals surface area contributed by atoms with Gasteiger partial charge < -0.3 is 5.32 Å². The van der Waals surface area contributed by atoms with Gasteiger partial charge in [0.1, 0.15) is 0 Å². The van der Waals surface area contributed by atoms with Crippen LogP contribution in [0.2, 0.25) is 0 Å². The van der Waals surface area contributed by atoms with Crippen LogP contribution in [-0.2, 0) is 6.18 Å². The van der Waals surface area contributed by atoms with Crippen LogP contribution in [0.25, 0.3) is 0 Å². The topological polar surface area (TPSA) is 24.9 Å². The molecule has 0 aliphatic carbocycles. The van der Waals surface area contributed by atoms with E-state index in [2.05, 4.69) is 10.3 Å². The first-order chi connectivity index (χ1) is 8.93. The molecule has 0 fully saturated rings. The van der Waals surface area contributed by atoms with Gasteiger partial charge in [0.15, 0.2) is 0 Å². The maximum Gasteiger partial charge on any atom is 0.416 e. The van der Waals surface area contributed by atoms with E-state index in [4.69, 9.17) is 0 Å². The number of benzene rings is 1. The van der Waals surface area contributed by atoms with Crippen molar-refractivity contribution < 1.29 is 13.2 Å². The van der Waals surface area contributed by atoms with Crippen LogP contribution in [0.15, 0.2) is 29.9 Å². The molecule has 1 aromatic carbocycles. The van der Waals surface area contributed by atoms with E-state index in [1.165, 1.54) is 23.5 Å². The molecule has 102 valence electrons. The van der Waals surface area contributed by atoms with Gasteiger partial charge in [-0.05, 0) is 37.2 Å². The Labute approximate surface area is 113 Å². The third kappa shape index (κ3) is 2.96. The predicted molar refractivity (Wildman–Crippen MR) is 69.2 cm³/mol. The number of alkyl halides is 3. The van der Waals surface area contributed by atoms with Gasteiger partial charge in [-0.1, -0.05) is 6.07 Å². The van der Waals surface area contributed by atoms with E-state index in [1.54, 1.807) is 25.7 Å². The van der Waals surface area contributed by atoms with Crippen molar-refractivity contribution in [2.24, 2.45) is 0 Å². The van der Waals surface area contributed by atoms with E-state index < -0.39 is 11.7 Å². The Hall–Kier alpha value is -1.40. The van der Waals surface area contributed by atoms with Crippen molar-refractivity contribution in [1.29, 1.82) is 0 Å². The molecule has 1 heterocycles. The zero-order valence-corrected chi connectivity index (χ0v) is 11.3. The van der Waals surface area contributed by atoms with Crippen LogP contribution in [0, 0.1) is 6.92 Å². The Kier molecular flexibility index (Phi) is 3.91. The number of rotatable bonds is 3. The lowest BCUT2D eigenvalue weighted by Crippen LogP contribution is -2.18. The summed E-state index contributed by atoms with van der Waals surface area (Å²) in [5.74, 6) is 0. The van der Waals surface area contributed by atoms with Crippen LogP contribution in [0.5, 0.6) is 0 Å². The molecule has 2 aromatic rings. The molecule has 0 radical (unpaired) electrons. The lowest BCUT2D eigenvalue weighted by molar-refractivity contribution is -0.137.